The lowest BCUT2D eigenvalue weighted by Gasteiger charge is -2.08. The Morgan fingerprint density at radius 2 is 1.15 bits per heavy atom. The minimum absolute atomic E-state index is 0.460. The van der Waals surface area contributed by atoms with Gasteiger partial charge in [0.1, 0.15) is 11.7 Å². The zero-order valence-corrected chi connectivity index (χ0v) is 23.2. The van der Waals surface area contributed by atoms with E-state index in [1.165, 1.54) is 0 Å². The van der Waals surface area contributed by atoms with Crippen LogP contribution in [-0.2, 0) is 13.1 Å². The maximum absolute atomic E-state index is 6.21. The van der Waals surface area contributed by atoms with Gasteiger partial charge in [-0.3, -0.25) is 15.4 Å². The Hall–Kier alpha value is -4.20. The third-order valence-electron chi connectivity index (χ3n) is 6.03. The van der Waals surface area contributed by atoms with Crippen LogP contribution in [-0.4, -0.2) is 11.7 Å². The number of hydrogen-bond acceptors (Lipinski definition) is 4. The van der Waals surface area contributed by atoms with Crippen LogP contribution in [0.4, 0.5) is 11.4 Å². The van der Waals surface area contributed by atoms with Crippen molar-refractivity contribution in [1.82, 2.24) is 0 Å². The minimum atomic E-state index is 0.460. The molecule has 0 amide bonds. The smallest absolute Gasteiger partial charge is 0.125 e. The van der Waals surface area contributed by atoms with Gasteiger partial charge in [-0.25, -0.2) is 0 Å². The molecule has 39 heavy (non-hydrogen) atoms. The van der Waals surface area contributed by atoms with E-state index in [9.17, 15) is 0 Å². The monoisotopic (exact) mass is 557 g/mol. The number of aliphatic imine (C=N–C) groups is 2. The molecule has 0 saturated heterocycles. The van der Waals surface area contributed by atoms with Crippen molar-refractivity contribution in [3.8, 4) is 0 Å². The normalized spacial score (nSPS) is 12.2. The van der Waals surface area contributed by atoms with Gasteiger partial charge in [0.2, 0.25) is 0 Å². The first-order valence-corrected chi connectivity index (χ1v) is 13.0. The summed E-state index contributed by atoms with van der Waals surface area (Å²) in [4.78, 5) is 8.98. The van der Waals surface area contributed by atoms with Gasteiger partial charge in [-0.05, 0) is 96.8 Å². The fourth-order valence-electron chi connectivity index (χ4n) is 3.72. The highest BCUT2D eigenvalue weighted by molar-refractivity contribution is 6.30. The number of halogens is 2. The first-order chi connectivity index (χ1) is 18.8. The molecular weight excluding hydrogens is 529 g/mol. The number of hydrogen-bond donors (Lipinski definition) is 3. The molecule has 7 nitrogen and oxygen atoms in total. The van der Waals surface area contributed by atoms with Gasteiger partial charge in [0.05, 0.1) is 24.5 Å². The Morgan fingerprint density at radius 1 is 0.667 bits per heavy atom. The molecular formula is C30H29Cl2N7. The van der Waals surface area contributed by atoms with Crippen molar-refractivity contribution >= 4 is 46.2 Å². The van der Waals surface area contributed by atoms with Gasteiger partial charge in [-0.2, -0.15) is 0 Å². The van der Waals surface area contributed by atoms with Gasteiger partial charge in [0.15, 0.2) is 0 Å². The van der Waals surface area contributed by atoms with E-state index in [0.717, 1.165) is 44.8 Å². The van der Waals surface area contributed by atoms with Crippen LogP contribution < -0.4 is 16.9 Å². The second-order valence-corrected chi connectivity index (χ2v) is 9.87. The molecule has 0 aromatic heterocycles. The quantitative estimate of drug-likeness (QED) is 0.0854. The lowest BCUT2D eigenvalue weighted by Crippen LogP contribution is -2.14. The lowest BCUT2D eigenvalue weighted by molar-refractivity contribution is 1.06. The maximum Gasteiger partial charge on any atom is 0.125 e. The molecule has 0 aliphatic carbocycles. The molecule has 5 N–H and O–H groups in total. The van der Waals surface area contributed by atoms with Crippen molar-refractivity contribution in [1.29, 1.82) is 0 Å². The van der Waals surface area contributed by atoms with Gasteiger partial charge >= 0.3 is 0 Å². The van der Waals surface area contributed by atoms with Gasteiger partial charge in [0, 0.05) is 21.2 Å². The lowest BCUT2D eigenvalue weighted by atomic mass is 10.1. The Labute approximate surface area is 238 Å². The summed E-state index contributed by atoms with van der Waals surface area (Å²) in [5, 5.41) is 9.90. The van der Waals surface area contributed by atoms with Crippen LogP contribution in [0.2, 0.25) is 10.0 Å². The fourth-order valence-corrected chi connectivity index (χ4v) is 3.98. The molecule has 4 aromatic rings. The van der Waals surface area contributed by atoms with E-state index in [0.29, 0.717) is 34.8 Å². The van der Waals surface area contributed by atoms with E-state index < -0.39 is 0 Å². The van der Waals surface area contributed by atoms with Crippen LogP contribution in [0.5, 0.6) is 0 Å². The fraction of sp³-hybridized carbons (Fsp3) is 0.133. The minimum Gasteiger partial charge on any atom is -0.383 e. The van der Waals surface area contributed by atoms with E-state index in [4.69, 9.17) is 34.7 Å². The summed E-state index contributed by atoms with van der Waals surface area (Å²) in [7, 11) is 0. The number of nitrogens with two attached hydrogens (primary N) is 2. The number of aryl methyl sites for hydroxylation is 2. The van der Waals surface area contributed by atoms with Crippen LogP contribution in [0.1, 0.15) is 33.4 Å². The summed E-state index contributed by atoms with van der Waals surface area (Å²) in [6, 6.07) is 26.6. The molecule has 0 aliphatic rings. The van der Waals surface area contributed by atoms with Gasteiger partial charge in [-0.15, -0.1) is 5.11 Å². The molecule has 0 bridgehead atoms. The van der Waals surface area contributed by atoms with Crippen LogP contribution in [0.15, 0.2) is 105 Å². The zero-order chi connectivity index (χ0) is 27.8. The number of anilines is 1. The van der Waals surface area contributed by atoms with Crippen LogP contribution in [0, 0.1) is 13.8 Å². The summed E-state index contributed by atoms with van der Waals surface area (Å²) in [6.07, 6.45) is 0. The highest BCUT2D eigenvalue weighted by Crippen LogP contribution is 2.22. The van der Waals surface area contributed by atoms with Crippen LogP contribution in [0.3, 0.4) is 0 Å². The molecule has 0 fully saturated rings. The van der Waals surface area contributed by atoms with Gasteiger partial charge in [-0.1, -0.05) is 52.7 Å². The van der Waals surface area contributed by atoms with Crippen molar-refractivity contribution in [2.45, 2.75) is 26.9 Å². The molecule has 4 aromatic carbocycles. The molecule has 0 atom stereocenters. The van der Waals surface area contributed by atoms with E-state index in [1.54, 1.807) is 0 Å². The van der Waals surface area contributed by atoms with Crippen molar-refractivity contribution in [2.75, 3.05) is 5.43 Å². The van der Waals surface area contributed by atoms with E-state index in [1.807, 2.05) is 98.8 Å². The summed E-state index contributed by atoms with van der Waals surface area (Å²) in [5.74, 6) is 0.925. The number of nitrogens with zero attached hydrogens (tertiary/aromatic N) is 4. The van der Waals surface area contributed by atoms with E-state index in [2.05, 4.69) is 25.7 Å². The number of nitrogens with one attached hydrogen (secondary N) is 1. The Balaban J connectivity index is 1.36. The highest BCUT2D eigenvalue weighted by atomic mass is 35.5. The first-order valence-electron chi connectivity index (χ1n) is 12.3. The van der Waals surface area contributed by atoms with Crippen molar-refractivity contribution in [3.63, 3.8) is 0 Å². The molecule has 0 saturated carbocycles. The topological polar surface area (TPSA) is 114 Å². The second kappa shape index (κ2) is 13.0. The molecule has 198 valence electrons. The zero-order valence-electron chi connectivity index (χ0n) is 21.7. The molecule has 0 spiro atoms. The standard InChI is InChI=1S/C30H29Cl2N7/c1-19-15-23(29(33)35-17-21-3-9-25(31)10-4-21)7-13-27(19)37-39-38-28-14-8-24(16-20(28)2)30(34)36-18-22-5-11-26(32)12-6-22/h3-16H,17-18H2,1-2H3,(H2,33,35)(H2,34,36)(H,37,38). The molecule has 4 rings (SSSR count). The van der Waals surface area contributed by atoms with Gasteiger partial charge in [0.25, 0.3) is 0 Å². The summed E-state index contributed by atoms with van der Waals surface area (Å²) in [6.45, 7) is 4.89. The molecule has 9 heteroatoms. The Kier molecular flexibility index (Phi) is 9.31. The predicted molar refractivity (Wildman–Crippen MR) is 162 cm³/mol. The van der Waals surface area contributed by atoms with Crippen molar-refractivity contribution in [3.05, 3.63) is 128 Å². The SMILES string of the molecule is Cc1cc(C(N)=NCc2ccc(Cl)cc2)ccc1N=NNc1ccc(C(N)=NCc2ccc(Cl)cc2)cc1C. The Bertz CT molecular complexity index is 1530. The Morgan fingerprint density at radius 3 is 1.64 bits per heavy atom. The maximum atomic E-state index is 6.21. The average Bonchev–Trinajstić information content (AvgIpc) is 2.93. The van der Waals surface area contributed by atoms with Gasteiger partial charge < -0.3 is 11.5 Å². The predicted octanol–water partition coefficient (Wildman–Crippen LogP) is 7.53. The van der Waals surface area contributed by atoms with Crippen LogP contribution in [0.25, 0.3) is 0 Å². The summed E-state index contributed by atoms with van der Waals surface area (Å²) < 4.78 is 0. The second-order valence-electron chi connectivity index (χ2n) is 9.00. The molecule has 0 heterocycles. The first kappa shape index (κ1) is 27.8. The number of rotatable bonds is 9. The molecule has 0 aliphatic heterocycles. The number of amidine groups is 2. The van der Waals surface area contributed by atoms with E-state index >= 15 is 0 Å². The largest absolute Gasteiger partial charge is 0.383 e. The van der Waals surface area contributed by atoms with Crippen LogP contribution >= 0.6 is 23.2 Å². The van der Waals surface area contributed by atoms with Crippen molar-refractivity contribution < 1.29 is 0 Å². The number of benzene rings is 4. The third kappa shape index (κ3) is 7.89. The van der Waals surface area contributed by atoms with E-state index in [-0.39, 0.29) is 0 Å². The van der Waals surface area contributed by atoms with Crippen molar-refractivity contribution in [2.24, 2.45) is 31.8 Å². The summed E-state index contributed by atoms with van der Waals surface area (Å²) in [5.41, 5.74) is 22.6. The highest BCUT2D eigenvalue weighted by Gasteiger charge is 2.05. The molecule has 0 unspecified atom stereocenters. The summed E-state index contributed by atoms with van der Waals surface area (Å²) >= 11 is 11.9. The average molecular weight is 559 g/mol. The third-order valence-corrected chi connectivity index (χ3v) is 6.54. The molecule has 0 radical (unpaired) electrons.